The lowest BCUT2D eigenvalue weighted by molar-refractivity contribution is -0.106. The normalized spacial score (nSPS) is 9.57. The van der Waals surface area contributed by atoms with Crippen LogP contribution in [0.3, 0.4) is 0 Å². The number of alkyl halides is 3. The molecule has 0 spiro atoms. The predicted octanol–water partition coefficient (Wildman–Crippen LogP) is 1.20. The second kappa shape index (κ2) is 4.00. The van der Waals surface area contributed by atoms with Gasteiger partial charge in [-0.05, 0) is 0 Å². The van der Waals surface area contributed by atoms with Crippen molar-refractivity contribution in [3.8, 4) is 0 Å². The number of rotatable bonds is 0. The highest BCUT2D eigenvalue weighted by Gasteiger charge is 2.13. The Kier molecular flexibility index (Phi) is 6.26. The van der Waals surface area contributed by atoms with Crippen molar-refractivity contribution in [3.63, 3.8) is 0 Å². The van der Waals surface area contributed by atoms with E-state index in [4.69, 9.17) is 0 Å². The maximum atomic E-state index is 9.69. The van der Waals surface area contributed by atoms with E-state index in [9.17, 15) is 4.79 Å². The fourth-order valence-electron chi connectivity index (χ4n) is 0. The van der Waals surface area contributed by atoms with Crippen LogP contribution in [0, 0.1) is 0 Å². The van der Waals surface area contributed by atoms with E-state index in [0.29, 0.717) is 6.29 Å². The molecule has 0 atom stereocenters. The topological polar surface area (TPSA) is 48.6 Å². The molecule has 0 fully saturated rings. The monoisotopic (exact) mass is 296 g/mol. The fourth-order valence-corrected chi connectivity index (χ4v) is 0. The van der Waals surface area contributed by atoms with Crippen molar-refractivity contribution in [2.24, 2.45) is 0 Å². The summed E-state index contributed by atoms with van der Waals surface area (Å²) >= 11 is 8.83. The zero-order chi connectivity index (χ0) is 5.21. The minimum Gasteiger partial charge on any atom is -0.412 e. The first-order chi connectivity index (χ1) is 2.56. The van der Waals surface area contributed by atoms with Gasteiger partial charge in [-0.2, -0.15) is 0 Å². The van der Waals surface area contributed by atoms with E-state index < -0.39 is 2.14 Å². The average Bonchev–Trinajstić information content (AvgIpc) is 1.35. The van der Waals surface area contributed by atoms with Gasteiger partial charge in [0.2, 0.25) is 0 Å². The summed E-state index contributed by atoms with van der Waals surface area (Å²) < 4.78 is -0.701. The molecule has 2 N–H and O–H groups in total. The molecule has 44 valence electrons. The van der Waals surface area contributed by atoms with Crippen LogP contribution in [-0.4, -0.2) is 13.9 Å². The van der Waals surface area contributed by atoms with Crippen molar-refractivity contribution in [1.82, 2.24) is 0 Å². The van der Waals surface area contributed by atoms with Gasteiger partial charge < -0.3 is 5.48 Å². The molecule has 2 nitrogen and oxygen atoms in total. The predicted molar refractivity (Wildman–Crippen MR) is 39.2 cm³/mol. The first kappa shape index (κ1) is 10.9. The Bertz CT molecular complexity index is 56.4. The molecule has 0 aliphatic rings. The summed E-state index contributed by atoms with van der Waals surface area (Å²) in [6.07, 6.45) is 0.688. The van der Waals surface area contributed by atoms with E-state index in [1.54, 1.807) is 0 Å². The van der Waals surface area contributed by atoms with Crippen LogP contribution >= 0.6 is 47.8 Å². The minimum absolute atomic E-state index is 0. The minimum atomic E-state index is -0.701. The third kappa shape index (κ3) is 11.0. The number of aldehydes is 1. The SMILES string of the molecule is O.O=CC(Br)(Br)Br. The lowest BCUT2D eigenvalue weighted by atomic mass is 10.9. The van der Waals surface area contributed by atoms with Gasteiger partial charge in [0, 0.05) is 0 Å². The molecule has 0 heterocycles. The molecular weight excluding hydrogens is 296 g/mol. The summed E-state index contributed by atoms with van der Waals surface area (Å²) in [5, 5.41) is 0. The first-order valence-corrected chi connectivity index (χ1v) is 3.47. The average molecular weight is 299 g/mol. The number of hydrogen-bond donors (Lipinski definition) is 0. The molecule has 0 amide bonds. The van der Waals surface area contributed by atoms with Gasteiger partial charge in [-0.15, -0.1) is 0 Å². The van der Waals surface area contributed by atoms with Crippen molar-refractivity contribution in [2.75, 3.05) is 0 Å². The van der Waals surface area contributed by atoms with Gasteiger partial charge in [0.25, 0.3) is 0 Å². The third-order valence-electron chi connectivity index (χ3n) is 0.134. The van der Waals surface area contributed by atoms with Crippen LogP contribution in [0.2, 0.25) is 0 Å². The second-order valence-electron chi connectivity index (χ2n) is 0.659. The van der Waals surface area contributed by atoms with Crippen LogP contribution in [-0.2, 0) is 4.79 Å². The summed E-state index contributed by atoms with van der Waals surface area (Å²) in [4.78, 5) is 9.69. The van der Waals surface area contributed by atoms with Crippen molar-refractivity contribution in [1.29, 1.82) is 0 Å². The van der Waals surface area contributed by atoms with Gasteiger partial charge in [0.15, 0.2) is 8.43 Å². The molecule has 0 aromatic heterocycles. The maximum Gasteiger partial charge on any atom is 0.189 e. The van der Waals surface area contributed by atoms with Gasteiger partial charge in [0.05, 0.1) is 0 Å². The molecule has 0 aromatic rings. The van der Waals surface area contributed by atoms with Crippen LogP contribution < -0.4 is 0 Å². The van der Waals surface area contributed by atoms with E-state index in [2.05, 4.69) is 47.8 Å². The number of hydrogen-bond acceptors (Lipinski definition) is 1. The summed E-state index contributed by atoms with van der Waals surface area (Å²) in [5.74, 6) is 0. The van der Waals surface area contributed by atoms with Crippen LogP contribution in [0.5, 0.6) is 0 Å². The highest BCUT2D eigenvalue weighted by Crippen LogP contribution is 2.29. The fraction of sp³-hybridized carbons (Fsp3) is 0.500. The lowest BCUT2D eigenvalue weighted by Crippen LogP contribution is -1.97. The van der Waals surface area contributed by atoms with Crippen LogP contribution in [0.25, 0.3) is 0 Å². The van der Waals surface area contributed by atoms with Gasteiger partial charge in [-0.25, -0.2) is 0 Å². The number of carbonyl (C=O) groups is 1. The Labute approximate surface area is 66.3 Å². The molecule has 0 unspecified atom stereocenters. The summed E-state index contributed by atoms with van der Waals surface area (Å²) in [5.41, 5.74) is 0. The smallest absolute Gasteiger partial charge is 0.189 e. The quantitative estimate of drug-likeness (QED) is 0.490. The Morgan fingerprint density at radius 3 is 1.43 bits per heavy atom. The molecule has 0 rings (SSSR count). The molecule has 0 radical (unpaired) electrons. The first-order valence-electron chi connectivity index (χ1n) is 1.09. The van der Waals surface area contributed by atoms with Crippen molar-refractivity contribution in [2.45, 2.75) is 2.14 Å². The summed E-state index contributed by atoms with van der Waals surface area (Å²) in [6, 6.07) is 0. The second-order valence-corrected chi connectivity index (χ2v) is 7.60. The number of halogens is 3. The van der Waals surface area contributed by atoms with Crippen molar-refractivity contribution >= 4 is 54.1 Å². The molecule has 0 aliphatic heterocycles. The molecular formula is C2H3Br3O2. The molecule has 7 heavy (non-hydrogen) atoms. The molecule has 5 heteroatoms. The zero-order valence-electron chi connectivity index (χ0n) is 3.12. The van der Waals surface area contributed by atoms with Crippen molar-refractivity contribution < 1.29 is 10.3 Å². The molecule has 0 bridgehead atoms. The van der Waals surface area contributed by atoms with Crippen molar-refractivity contribution in [3.05, 3.63) is 0 Å². The third-order valence-corrected chi connectivity index (χ3v) is 0.694. The van der Waals surface area contributed by atoms with E-state index >= 15 is 0 Å². The van der Waals surface area contributed by atoms with Crippen LogP contribution in [0.4, 0.5) is 0 Å². The van der Waals surface area contributed by atoms with E-state index in [0.717, 1.165) is 0 Å². The zero-order valence-corrected chi connectivity index (χ0v) is 7.88. The standard InChI is InChI=1S/C2HBr3O.H2O/c3-2(4,5)1-6;/h1H;1H2. The summed E-state index contributed by atoms with van der Waals surface area (Å²) in [7, 11) is 0. The Morgan fingerprint density at radius 2 is 1.43 bits per heavy atom. The van der Waals surface area contributed by atoms with Crippen LogP contribution in [0.15, 0.2) is 0 Å². The van der Waals surface area contributed by atoms with E-state index in [1.165, 1.54) is 0 Å². The Morgan fingerprint density at radius 1 is 1.29 bits per heavy atom. The lowest BCUT2D eigenvalue weighted by Gasteiger charge is -1.95. The Hall–Kier alpha value is 1.07. The van der Waals surface area contributed by atoms with Crippen LogP contribution in [0.1, 0.15) is 0 Å². The highest BCUT2D eigenvalue weighted by molar-refractivity contribution is 9.40. The van der Waals surface area contributed by atoms with Gasteiger partial charge in [-0.3, -0.25) is 4.79 Å². The Balaban J connectivity index is 0. The van der Waals surface area contributed by atoms with Gasteiger partial charge in [-0.1, -0.05) is 47.8 Å². The van der Waals surface area contributed by atoms with E-state index in [-0.39, 0.29) is 5.48 Å². The summed E-state index contributed by atoms with van der Waals surface area (Å²) in [6.45, 7) is 0. The molecule has 0 aromatic carbocycles. The van der Waals surface area contributed by atoms with Gasteiger partial charge >= 0.3 is 0 Å². The number of carbonyl (C=O) groups excluding carboxylic acids is 1. The van der Waals surface area contributed by atoms with E-state index in [1.807, 2.05) is 0 Å². The molecule has 0 saturated heterocycles. The molecule has 0 saturated carbocycles. The highest BCUT2D eigenvalue weighted by atomic mass is 80.0. The molecule has 0 aliphatic carbocycles. The van der Waals surface area contributed by atoms with Gasteiger partial charge in [0.1, 0.15) is 0 Å². The maximum absolute atomic E-state index is 9.69. The largest absolute Gasteiger partial charge is 0.412 e.